The number of aromatic nitrogens is 2. The zero-order chi connectivity index (χ0) is 28.8. The van der Waals surface area contributed by atoms with Gasteiger partial charge in [-0.1, -0.05) is 0 Å². The van der Waals surface area contributed by atoms with Crippen LogP contribution in [0, 0.1) is 0 Å². The lowest BCUT2D eigenvalue weighted by Crippen LogP contribution is -2.58. The van der Waals surface area contributed by atoms with Crippen molar-refractivity contribution in [2.75, 3.05) is 6.54 Å². The minimum Gasteiger partial charge on any atom is -0.481 e. The highest BCUT2D eigenvalue weighted by Crippen LogP contribution is 2.05. The third-order valence-electron chi connectivity index (χ3n) is 4.94. The summed E-state index contributed by atoms with van der Waals surface area (Å²) in [5.74, 6) is -6.83. The largest absolute Gasteiger partial charge is 0.481 e. The smallest absolute Gasteiger partial charge is 0.326 e. The lowest BCUT2D eigenvalue weighted by Gasteiger charge is -2.24. The number of carboxylic acid groups (broad SMARTS) is 2. The molecule has 4 atom stereocenters. The maximum atomic E-state index is 13.1. The first-order valence-corrected chi connectivity index (χ1v) is 11.2. The molecule has 14 N–H and O–H groups in total. The summed E-state index contributed by atoms with van der Waals surface area (Å²) < 4.78 is 0. The summed E-state index contributed by atoms with van der Waals surface area (Å²) in [6.45, 7) is 0.100. The van der Waals surface area contributed by atoms with Crippen LogP contribution in [0.2, 0.25) is 0 Å². The molecule has 1 rings (SSSR count). The van der Waals surface area contributed by atoms with Crippen LogP contribution in [0.25, 0.3) is 0 Å². The van der Waals surface area contributed by atoms with E-state index in [0.29, 0.717) is 5.69 Å². The second-order valence-electron chi connectivity index (χ2n) is 8.13. The fourth-order valence-corrected chi connectivity index (χ4v) is 3.11. The van der Waals surface area contributed by atoms with Crippen molar-refractivity contribution < 1.29 is 39.0 Å². The number of aromatic amines is 1. The number of hydrogen-bond donors (Lipinski definition) is 10. The van der Waals surface area contributed by atoms with Crippen molar-refractivity contribution in [2.45, 2.75) is 56.3 Å². The van der Waals surface area contributed by atoms with Gasteiger partial charge in [0, 0.05) is 24.9 Å². The number of nitrogens with two attached hydrogens (primary N) is 4. The van der Waals surface area contributed by atoms with Gasteiger partial charge in [-0.3, -0.25) is 29.0 Å². The first-order valence-electron chi connectivity index (χ1n) is 11.2. The second kappa shape index (κ2) is 15.4. The molecule has 0 saturated heterocycles. The summed E-state index contributed by atoms with van der Waals surface area (Å²) in [4.78, 5) is 82.2. The zero-order valence-corrected chi connectivity index (χ0v) is 20.3. The number of hydrogen-bond acceptors (Lipinski definition) is 9. The number of nitrogens with one attached hydrogen (secondary N) is 4. The number of aliphatic carboxylic acids is 2. The van der Waals surface area contributed by atoms with Crippen LogP contribution < -0.4 is 38.9 Å². The summed E-state index contributed by atoms with van der Waals surface area (Å²) in [6.07, 6.45) is 1.27. The minimum atomic E-state index is -1.77. The summed E-state index contributed by atoms with van der Waals surface area (Å²) in [7, 11) is 0. The van der Waals surface area contributed by atoms with Gasteiger partial charge in [-0.25, -0.2) is 9.78 Å². The van der Waals surface area contributed by atoms with Crippen LogP contribution in [0.3, 0.4) is 0 Å². The fraction of sp³-hybridized carbons (Fsp3) is 0.500. The lowest BCUT2D eigenvalue weighted by atomic mass is 10.1. The predicted octanol–water partition coefficient (Wildman–Crippen LogP) is -4.78. The molecule has 4 amide bonds. The monoisotopic (exact) mass is 540 g/mol. The van der Waals surface area contributed by atoms with Crippen LogP contribution in [-0.2, 0) is 35.2 Å². The van der Waals surface area contributed by atoms with Gasteiger partial charge in [-0.15, -0.1) is 0 Å². The molecule has 18 heteroatoms. The number of carboxylic acids is 2. The fourth-order valence-electron chi connectivity index (χ4n) is 3.11. The van der Waals surface area contributed by atoms with Crippen LogP contribution in [0.15, 0.2) is 17.5 Å². The Morgan fingerprint density at radius 1 is 0.921 bits per heavy atom. The van der Waals surface area contributed by atoms with Crippen LogP contribution in [-0.4, -0.2) is 92.4 Å². The Kier molecular flexibility index (Phi) is 12.7. The first-order chi connectivity index (χ1) is 17.8. The number of imidazole rings is 1. The van der Waals surface area contributed by atoms with Crippen molar-refractivity contribution in [3.8, 4) is 0 Å². The van der Waals surface area contributed by atoms with Gasteiger partial charge in [0.15, 0.2) is 5.96 Å². The molecule has 4 unspecified atom stereocenters. The van der Waals surface area contributed by atoms with Gasteiger partial charge in [0.05, 0.1) is 25.2 Å². The number of guanidine groups is 1. The summed E-state index contributed by atoms with van der Waals surface area (Å²) in [6, 6.07) is -5.81. The quantitative estimate of drug-likeness (QED) is 0.0505. The Hall–Kier alpha value is -4.74. The number of amides is 4. The molecule has 0 aromatic carbocycles. The van der Waals surface area contributed by atoms with Crippen molar-refractivity contribution in [1.82, 2.24) is 25.9 Å². The van der Waals surface area contributed by atoms with Crippen molar-refractivity contribution in [3.63, 3.8) is 0 Å². The average Bonchev–Trinajstić information content (AvgIpc) is 3.32. The number of carbonyl (C=O) groups is 6. The molecule has 18 nitrogen and oxygen atoms in total. The molecule has 0 aliphatic rings. The second-order valence-corrected chi connectivity index (χ2v) is 8.13. The summed E-state index contributed by atoms with van der Waals surface area (Å²) >= 11 is 0. The van der Waals surface area contributed by atoms with E-state index in [1.54, 1.807) is 0 Å². The third kappa shape index (κ3) is 11.8. The van der Waals surface area contributed by atoms with Gasteiger partial charge in [-0.05, 0) is 12.8 Å². The molecule has 210 valence electrons. The highest BCUT2D eigenvalue weighted by atomic mass is 16.4. The normalized spacial score (nSPS) is 13.7. The number of carbonyl (C=O) groups excluding carboxylic acids is 4. The van der Waals surface area contributed by atoms with Gasteiger partial charge in [0.25, 0.3) is 0 Å². The summed E-state index contributed by atoms with van der Waals surface area (Å²) in [5, 5.41) is 25.1. The Morgan fingerprint density at radius 2 is 1.53 bits per heavy atom. The Bertz CT molecular complexity index is 1030. The van der Waals surface area contributed by atoms with E-state index in [9.17, 15) is 33.9 Å². The minimum absolute atomic E-state index is 0.0210. The predicted molar refractivity (Wildman–Crippen MR) is 130 cm³/mol. The molecule has 0 radical (unpaired) electrons. The van der Waals surface area contributed by atoms with Crippen molar-refractivity contribution in [3.05, 3.63) is 18.2 Å². The Balaban J connectivity index is 3.12. The molecule has 0 bridgehead atoms. The highest BCUT2D eigenvalue weighted by molar-refractivity contribution is 5.95. The molecule has 38 heavy (non-hydrogen) atoms. The van der Waals surface area contributed by atoms with E-state index >= 15 is 0 Å². The highest BCUT2D eigenvalue weighted by Gasteiger charge is 2.31. The average molecular weight is 541 g/mol. The number of aliphatic imine (C=N–C) groups is 1. The van der Waals surface area contributed by atoms with Gasteiger partial charge in [0.2, 0.25) is 23.6 Å². The van der Waals surface area contributed by atoms with Crippen molar-refractivity contribution >= 4 is 41.5 Å². The van der Waals surface area contributed by atoms with E-state index in [1.165, 1.54) is 12.5 Å². The molecule has 0 fully saturated rings. The van der Waals surface area contributed by atoms with Gasteiger partial charge in [0.1, 0.15) is 18.1 Å². The van der Waals surface area contributed by atoms with E-state index < -0.39 is 72.6 Å². The van der Waals surface area contributed by atoms with Crippen LogP contribution in [0.1, 0.15) is 31.4 Å². The van der Waals surface area contributed by atoms with Crippen LogP contribution in [0.4, 0.5) is 0 Å². The molecule has 1 aromatic rings. The lowest BCUT2D eigenvalue weighted by molar-refractivity contribution is -0.147. The van der Waals surface area contributed by atoms with Crippen molar-refractivity contribution in [1.29, 1.82) is 0 Å². The standard InChI is InChI=1S/C20H32N10O8/c21-10(5-14(22)31)16(34)28-11(2-1-3-26-20(23)24)17(35)29-12(4-9-7-25-8-27-9)18(36)30-13(19(37)38)6-15(32)33/h7-8,10-13H,1-6,21H2,(H2,22,31)(H,25,27)(H,28,34)(H,29,35)(H,30,36)(H,32,33)(H,37,38)(H4,23,24,26). The molecular formula is C20H32N10O8. The number of primary amides is 1. The molecular weight excluding hydrogens is 508 g/mol. The SMILES string of the molecule is NC(=O)CC(N)C(=O)NC(CCCN=C(N)N)C(=O)NC(Cc1cnc[nH]1)C(=O)NC(CC(=O)O)C(=O)O. The third-order valence-corrected chi connectivity index (χ3v) is 4.94. The number of H-pyrrole nitrogens is 1. The number of nitrogens with zero attached hydrogens (tertiary/aromatic N) is 2. The topological polar surface area (TPSA) is 324 Å². The van der Waals surface area contributed by atoms with Crippen LogP contribution >= 0.6 is 0 Å². The van der Waals surface area contributed by atoms with E-state index in [0.717, 1.165) is 0 Å². The molecule has 0 saturated carbocycles. The first kappa shape index (κ1) is 31.3. The van der Waals surface area contributed by atoms with E-state index in [1.807, 2.05) is 0 Å². The summed E-state index contributed by atoms with van der Waals surface area (Å²) in [5.41, 5.74) is 21.6. The Morgan fingerprint density at radius 3 is 2.05 bits per heavy atom. The Labute approximate surface area is 216 Å². The van der Waals surface area contributed by atoms with E-state index in [4.69, 9.17) is 28.0 Å². The van der Waals surface area contributed by atoms with E-state index in [2.05, 4.69) is 30.9 Å². The number of rotatable bonds is 17. The maximum Gasteiger partial charge on any atom is 0.326 e. The van der Waals surface area contributed by atoms with Gasteiger partial charge in [-0.2, -0.15) is 0 Å². The molecule has 0 aliphatic heterocycles. The molecule has 0 aliphatic carbocycles. The molecule has 1 aromatic heterocycles. The van der Waals surface area contributed by atoms with Crippen molar-refractivity contribution in [2.24, 2.45) is 27.9 Å². The van der Waals surface area contributed by atoms with Crippen LogP contribution in [0.5, 0.6) is 0 Å². The van der Waals surface area contributed by atoms with E-state index in [-0.39, 0.29) is 31.8 Å². The van der Waals surface area contributed by atoms with Gasteiger partial charge >= 0.3 is 11.9 Å². The van der Waals surface area contributed by atoms with Gasteiger partial charge < -0.3 is 54.1 Å². The molecule has 0 spiro atoms. The maximum absolute atomic E-state index is 13.1. The zero-order valence-electron chi connectivity index (χ0n) is 20.3. The molecule has 1 heterocycles.